The Morgan fingerprint density at radius 2 is 1.97 bits per heavy atom. The van der Waals surface area contributed by atoms with Crippen molar-refractivity contribution < 1.29 is 19.9 Å². The predicted octanol–water partition coefficient (Wildman–Crippen LogP) is 3.91. The standard InChI is InChI=1S/C23H26N2O4/c1-15-12-17(23(27)28)8-10-19(15)20(16-6-4-3-5-7-16)13-21(24-29)18-9-11-22(26)25(2)14-18/h3-8,10,12,18,20,29H,9,11,13-14H2,1-2H3,(H,27,28)/b24-21+/t18?,20-/m1/s1. The number of piperidine rings is 1. The van der Waals surface area contributed by atoms with E-state index in [1.165, 1.54) is 0 Å². The van der Waals surface area contributed by atoms with Gasteiger partial charge in [-0.1, -0.05) is 41.6 Å². The Hall–Kier alpha value is -3.15. The molecule has 1 aliphatic rings. The molecule has 2 aromatic carbocycles. The van der Waals surface area contributed by atoms with Crippen molar-refractivity contribution in [1.82, 2.24) is 4.90 Å². The fourth-order valence-electron chi connectivity index (χ4n) is 4.07. The first-order chi connectivity index (χ1) is 13.9. The van der Waals surface area contributed by atoms with E-state index in [1.54, 1.807) is 24.1 Å². The molecule has 0 saturated carbocycles. The normalized spacial score (nSPS) is 18.6. The van der Waals surface area contributed by atoms with Crippen LogP contribution >= 0.6 is 0 Å². The molecule has 2 N–H and O–H groups in total. The first-order valence-electron chi connectivity index (χ1n) is 9.74. The second-order valence-corrected chi connectivity index (χ2v) is 7.65. The third kappa shape index (κ3) is 4.65. The number of aromatic carboxylic acids is 1. The van der Waals surface area contributed by atoms with Crippen LogP contribution in [0.4, 0.5) is 0 Å². The Morgan fingerprint density at radius 3 is 2.55 bits per heavy atom. The van der Waals surface area contributed by atoms with Crippen molar-refractivity contribution in [3.63, 3.8) is 0 Å². The number of amides is 1. The largest absolute Gasteiger partial charge is 0.478 e. The van der Waals surface area contributed by atoms with Gasteiger partial charge in [-0.2, -0.15) is 0 Å². The summed E-state index contributed by atoms with van der Waals surface area (Å²) in [5.41, 5.74) is 3.87. The van der Waals surface area contributed by atoms with Gasteiger partial charge in [0.2, 0.25) is 5.91 Å². The van der Waals surface area contributed by atoms with Crippen LogP contribution in [0.15, 0.2) is 53.7 Å². The fraction of sp³-hybridized carbons (Fsp3) is 0.348. The van der Waals surface area contributed by atoms with Crippen LogP contribution in [-0.4, -0.2) is 46.4 Å². The monoisotopic (exact) mass is 394 g/mol. The third-order valence-electron chi connectivity index (χ3n) is 5.73. The van der Waals surface area contributed by atoms with E-state index in [1.807, 2.05) is 43.3 Å². The molecular weight excluding hydrogens is 368 g/mol. The number of oxime groups is 1. The fourth-order valence-corrected chi connectivity index (χ4v) is 4.07. The summed E-state index contributed by atoms with van der Waals surface area (Å²) < 4.78 is 0. The van der Waals surface area contributed by atoms with Crippen molar-refractivity contribution in [2.75, 3.05) is 13.6 Å². The van der Waals surface area contributed by atoms with E-state index < -0.39 is 5.97 Å². The van der Waals surface area contributed by atoms with Crippen molar-refractivity contribution in [2.24, 2.45) is 11.1 Å². The molecular formula is C23H26N2O4. The zero-order valence-electron chi connectivity index (χ0n) is 16.7. The van der Waals surface area contributed by atoms with Gasteiger partial charge in [0, 0.05) is 38.3 Å². The highest BCUT2D eigenvalue weighted by atomic mass is 16.4. The molecule has 2 atom stereocenters. The van der Waals surface area contributed by atoms with Crippen LogP contribution in [0, 0.1) is 12.8 Å². The molecule has 0 aromatic heterocycles. The van der Waals surface area contributed by atoms with E-state index >= 15 is 0 Å². The van der Waals surface area contributed by atoms with Crippen LogP contribution in [0.2, 0.25) is 0 Å². The number of carbonyl (C=O) groups is 2. The molecule has 1 amide bonds. The Balaban J connectivity index is 1.95. The first kappa shape index (κ1) is 20.6. The maximum Gasteiger partial charge on any atom is 0.335 e. The number of carboxylic acids is 1. The van der Waals surface area contributed by atoms with Gasteiger partial charge in [-0.15, -0.1) is 0 Å². The van der Waals surface area contributed by atoms with Crippen molar-refractivity contribution in [2.45, 2.75) is 32.1 Å². The van der Waals surface area contributed by atoms with Crippen LogP contribution < -0.4 is 0 Å². The Bertz CT molecular complexity index is 924. The number of carbonyl (C=O) groups excluding carboxylic acids is 1. The smallest absolute Gasteiger partial charge is 0.335 e. The second-order valence-electron chi connectivity index (χ2n) is 7.65. The zero-order valence-corrected chi connectivity index (χ0v) is 16.7. The lowest BCUT2D eigenvalue weighted by atomic mass is 9.80. The summed E-state index contributed by atoms with van der Waals surface area (Å²) >= 11 is 0. The number of likely N-dealkylation sites (tertiary alicyclic amines) is 1. The minimum absolute atomic E-state index is 0.00695. The van der Waals surface area contributed by atoms with Gasteiger partial charge in [-0.25, -0.2) is 4.79 Å². The van der Waals surface area contributed by atoms with E-state index in [0.29, 0.717) is 31.5 Å². The minimum atomic E-state index is -0.955. The molecule has 1 aliphatic heterocycles. The highest BCUT2D eigenvalue weighted by Gasteiger charge is 2.30. The SMILES string of the molecule is Cc1cc(C(=O)O)ccc1[C@H](C/C(=N\O)C1CCC(=O)N(C)C1)c1ccccc1. The summed E-state index contributed by atoms with van der Waals surface area (Å²) in [6.45, 7) is 2.44. The summed E-state index contributed by atoms with van der Waals surface area (Å²) in [5, 5.41) is 22.7. The number of aryl methyl sites for hydroxylation is 1. The van der Waals surface area contributed by atoms with Crippen molar-refractivity contribution in [1.29, 1.82) is 0 Å². The lowest BCUT2D eigenvalue weighted by Crippen LogP contribution is -2.40. The second kappa shape index (κ2) is 8.90. The molecule has 3 rings (SSSR count). The number of rotatable bonds is 6. The topological polar surface area (TPSA) is 90.2 Å². The number of benzene rings is 2. The molecule has 6 heteroatoms. The molecule has 0 spiro atoms. The van der Waals surface area contributed by atoms with Gasteiger partial charge >= 0.3 is 5.97 Å². The van der Waals surface area contributed by atoms with E-state index in [2.05, 4.69) is 5.16 Å². The summed E-state index contributed by atoms with van der Waals surface area (Å²) in [6.07, 6.45) is 1.62. The van der Waals surface area contributed by atoms with Crippen LogP contribution in [0.25, 0.3) is 0 Å². The van der Waals surface area contributed by atoms with Crippen LogP contribution in [-0.2, 0) is 4.79 Å². The molecule has 29 heavy (non-hydrogen) atoms. The molecule has 1 unspecified atom stereocenters. The maximum absolute atomic E-state index is 11.8. The summed E-state index contributed by atoms with van der Waals surface area (Å²) in [5.74, 6) is -0.915. The molecule has 1 fully saturated rings. The Morgan fingerprint density at radius 1 is 1.24 bits per heavy atom. The molecule has 6 nitrogen and oxygen atoms in total. The van der Waals surface area contributed by atoms with Gasteiger partial charge in [0.25, 0.3) is 0 Å². The average Bonchev–Trinajstić information content (AvgIpc) is 2.72. The molecule has 1 heterocycles. The zero-order chi connectivity index (χ0) is 21.0. The van der Waals surface area contributed by atoms with Gasteiger partial charge < -0.3 is 15.2 Å². The summed E-state index contributed by atoms with van der Waals surface area (Å²) in [7, 11) is 1.77. The maximum atomic E-state index is 11.8. The molecule has 0 aliphatic carbocycles. The van der Waals surface area contributed by atoms with E-state index in [-0.39, 0.29) is 23.3 Å². The highest BCUT2D eigenvalue weighted by Crippen LogP contribution is 2.33. The lowest BCUT2D eigenvalue weighted by Gasteiger charge is -2.31. The summed E-state index contributed by atoms with van der Waals surface area (Å²) in [4.78, 5) is 24.8. The van der Waals surface area contributed by atoms with Crippen molar-refractivity contribution in [3.8, 4) is 0 Å². The highest BCUT2D eigenvalue weighted by molar-refractivity contribution is 5.90. The molecule has 1 saturated heterocycles. The van der Waals surface area contributed by atoms with E-state index in [0.717, 1.165) is 16.7 Å². The quantitative estimate of drug-likeness (QED) is 0.441. The third-order valence-corrected chi connectivity index (χ3v) is 5.73. The minimum Gasteiger partial charge on any atom is -0.478 e. The van der Waals surface area contributed by atoms with Gasteiger partial charge in [0.1, 0.15) is 0 Å². The van der Waals surface area contributed by atoms with Crippen molar-refractivity contribution in [3.05, 3.63) is 70.8 Å². The Kier molecular flexibility index (Phi) is 6.32. The van der Waals surface area contributed by atoms with Gasteiger partial charge in [-0.3, -0.25) is 4.79 Å². The Labute approximate surface area is 170 Å². The van der Waals surface area contributed by atoms with Crippen LogP contribution in [0.5, 0.6) is 0 Å². The van der Waals surface area contributed by atoms with E-state index in [4.69, 9.17) is 0 Å². The predicted molar refractivity (Wildman–Crippen MR) is 111 cm³/mol. The molecule has 0 bridgehead atoms. The van der Waals surface area contributed by atoms with Gasteiger partial charge in [0.15, 0.2) is 0 Å². The summed E-state index contributed by atoms with van der Waals surface area (Å²) in [6, 6.07) is 15.1. The molecule has 152 valence electrons. The van der Waals surface area contributed by atoms with Crippen LogP contribution in [0.1, 0.15) is 52.2 Å². The number of hydrogen-bond donors (Lipinski definition) is 2. The lowest BCUT2D eigenvalue weighted by molar-refractivity contribution is -0.132. The molecule has 2 aromatic rings. The number of hydrogen-bond acceptors (Lipinski definition) is 4. The average molecular weight is 394 g/mol. The van der Waals surface area contributed by atoms with Crippen LogP contribution in [0.3, 0.4) is 0 Å². The number of nitrogens with zero attached hydrogens (tertiary/aromatic N) is 2. The van der Waals surface area contributed by atoms with Gasteiger partial charge in [0.05, 0.1) is 11.3 Å². The van der Waals surface area contributed by atoms with Crippen molar-refractivity contribution >= 4 is 17.6 Å². The molecule has 0 radical (unpaired) electrons. The number of carboxylic acid groups (broad SMARTS) is 1. The first-order valence-corrected chi connectivity index (χ1v) is 9.74. The van der Waals surface area contributed by atoms with E-state index in [9.17, 15) is 19.9 Å². The van der Waals surface area contributed by atoms with Gasteiger partial charge in [-0.05, 0) is 42.2 Å².